The lowest BCUT2D eigenvalue weighted by Gasteiger charge is -2.10. The minimum atomic E-state index is -3.72. The van der Waals surface area contributed by atoms with Crippen molar-refractivity contribution in [2.45, 2.75) is 6.42 Å². The molecule has 1 aromatic carbocycles. The van der Waals surface area contributed by atoms with Gasteiger partial charge in [0.2, 0.25) is 0 Å². The third kappa shape index (κ3) is 3.50. The van der Waals surface area contributed by atoms with E-state index in [4.69, 9.17) is 4.89 Å². The average molecular weight is 230 g/mol. The van der Waals surface area contributed by atoms with Gasteiger partial charge in [0.15, 0.2) is 11.6 Å². The summed E-state index contributed by atoms with van der Waals surface area (Å²) in [7, 11) is -3.72. The Morgan fingerprint density at radius 1 is 1.67 bits per heavy atom. The molecule has 0 aliphatic rings. The van der Waals surface area contributed by atoms with Crippen LogP contribution in [0.2, 0.25) is 0 Å². The highest BCUT2D eigenvalue weighted by Crippen LogP contribution is 2.39. The molecule has 0 spiro atoms. The first kappa shape index (κ1) is 12.0. The first-order valence-electron chi connectivity index (χ1n) is 4.32. The molecule has 1 aromatic rings. The number of allylic oxidation sites excluding steroid dienone is 1. The third-order valence-electron chi connectivity index (χ3n) is 1.68. The van der Waals surface area contributed by atoms with Crippen LogP contribution in [0.3, 0.4) is 0 Å². The third-order valence-corrected chi connectivity index (χ3v) is 2.21. The summed E-state index contributed by atoms with van der Waals surface area (Å²) in [6.45, 7) is 4.50. The Morgan fingerprint density at radius 2 is 2.33 bits per heavy atom. The fourth-order valence-electron chi connectivity index (χ4n) is 1.12. The van der Waals surface area contributed by atoms with Crippen LogP contribution in [0.25, 0.3) is 0 Å². The zero-order valence-corrected chi connectivity index (χ0v) is 9.21. The van der Waals surface area contributed by atoms with Crippen LogP contribution in [0.4, 0.5) is 4.39 Å². The van der Waals surface area contributed by atoms with E-state index >= 15 is 0 Å². The molecule has 0 radical (unpaired) electrons. The van der Waals surface area contributed by atoms with E-state index in [1.807, 2.05) is 0 Å². The van der Waals surface area contributed by atoms with Gasteiger partial charge in [0.25, 0.3) is 0 Å². The van der Waals surface area contributed by atoms with Crippen molar-refractivity contribution in [3.63, 3.8) is 0 Å². The quantitative estimate of drug-likeness (QED) is 0.639. The Kier molecular flexibility index (Phi) is 3.66. The monoisotopic (exact) mass is 230 g/mol. The summed E-state index contributed by atoms with van der Waals surface area (Å²) in [4.78, 5) is 8.96. The summed E-state index contributed by atoms with van der Waals surface area (Å²) >= 11 is 0. The van der Waals surface area contributed by atoms with Crippen LogP contribution >= 0.6 is 7.60 Å². The van der Waals surface area contributed by atoms with Crippen molar-refractivity contribution in [3.05, 3.63) is 42.2 Å². The number of hydrogen-bond acceptors (Lipinski definition) is 2. The van der Waals surface area contributed by atoms with Crippen molar-refractivity contribution in [3.8, 4) is 5.75 Å². The molecule has 0 saturated carbocycles. The van der Waals surface area contributed by atoms with Gasteiger partial charge in [-0.25, -0.2) is 8.96 Å². The molecule has 0 amide bonds. The molecule has 0 fully saturated rings. The Bertz CT molecular complexity index is 411. The number of rotatable bonds is 4. The number of hydrogen-bond donors (Lipinski definition) is 1. The van der Waals surface area contributed by atoms with Crippen molar-refractivity contribution in [1.82, 2.24) is 0 Å². The SMILES string of the molecule is C=CCc1cccc(OP(C)(=O)O)c1F. The summed E-state index contributed by atoms with van der Waals surface area (Å²) < 4.78 is 29.2. The maximum absolute atomic E-state index is 13.6. The van der Waals surface area contributed by atoms with E-state index in [2.05, 4.69) is 11.1 Å². The molecule has 3 nitrogen and oxygen atoms in total. The van der Waals surface area contributed by atoms with Crippen molar-refractivity contribution in [1.29, 1.82) is 0 Å². The molecule has 0 heterocycles. The lowest BCUT2D eigenvalue weighted by Crippen LogP contribution is -1.96. The van der Waals surface area contributed by atoms with Gasteiger partial charge in [0, 0.05) is 6.66 Å². The minimum absolute atomic E-state index is 0.206. The van der Waals surface area contributed by atoms with E-state index in [0.29, 0.717) is 12.0 Å². The Morgan fingerprint density at radius 3 is 2.87 bits per heavy atom. The maximum atomic E-state index is 13.6. The molecule has 0 aliphatic carbocycles. The molecular weight excluding hydrogens is 218 g/mol. The molecule has 15 heavy (non-hydrogen) atoms. The van der Waals surface area contributed by atoms with E-state index in [1.165, 1.54) is 6.07 Å². The predicted molar refractivity (Wildman–Crippen MR) is 56.7 cm³/mol. The minimum Gasteiger partial charge on any atom is -0.421 e. The van der Waals surface area contributed by atoms with Gasteiger partial charge < -0.3 is 9.42 Å². The largest absolute Gasteiger partial charge is 0.421 e. The van der Waals surface area contributed by atoms with Gasteiger partial charge in [-0.1, -0.05) is 18.2 Å². The smallest absolute Gasteiger partial charge is 0.373 e. The predicted octanol–water partition coefficient (Wildman–Crippen LogP) is 2.75. The van der Waals surface area contributed by atoms with Crippen LogP contribution in [0.1, 0.15) is 5.56 Å². The number of benzene rings is 1. The van der Waals surface area contributed by atoms with Crippen molar-refractivity contribution in [2.24, 2.45) is 0 Å². The summed E-state index contributed by atoms with van der Waals surface area (Å²) in [5.74, 6) is -0.823. The van der Waals surface area contributed by atoms with Gasteiger partial charge in [-0.15, -0.1) is 6.58 Å². The molecule has 1 atom stereocenters. The van der Waals surface area contributed by atoms with Crippen LogP contribution in [0, 0.1) is 5.82 Å². The topological polar surface area (TPSA) is 46.5 Å². The Labute approximate surface area is 87.7 Å². The lowest BCUT2D eigenvalue weighted by molar-refractivity contribution is 0.376. The summed E-state index contributed by atoms with van der Waals surface area (Å²) in [5.41, 5.74) is 0.385. The summed E-state index contributed by atoms with van der Waals surface area (Å²) in [6, 6.07) is 4.45. The standard InChI is InChI=1S/C10H12FO3P/c1-3-5-8-6-4-7-9(10(8)11)14-15(2,12)13/h3-4,6-7H,1,5H2,2H3,(H,12,13). The van der Waals surface area contributed by atoms with Gasteiger partial charge in [-0.05, 0) is 18.1 Å². The summed E-state index contributed by atoms with van der Waals surface area (Å²) in [5, 5.41) is 0. The van der Waals surface area contributed by atoms with E-state index < -0.39 is 13.4 Å². The van der Waals surface area contributed by atoms with Crippen LogP contribution in [0.15, 0.2) is 30.9 Å². The molecule has 82 valence electrons. The van der Waals surface area contributed by atoms with Crippen molar-refractivity contribution < 1.29 is 18.4 Å². The van der Waals surface area contributed by atoms with E-state index in [9.17, 15) is 8.96 Å². The average Bonchev–Trinajstić information content (AvgIpc) is 2.10. The highest BCUT2D eigenvalue weighted by Gasteiger charge is 2.16. The van der Waals surface area contributed by atoms with E-state index in [0.717, 1.165) is 6.66 Å². The van der Waals surface area contributed by atoms with E-state index in [-0.39, 0.29) is 5.75 Å². The van der Waals surface area contributed by atoms with Gasteiger partial charge in [0.1, 0.15) is 0 Å². The lowest BCUT2D eigenvalue weighted by atomic mass is 10.1. The van der Waals surface area contributed by atoms with Crippen LogP contribution < -0.4 is 4.52 Å². The van der Waals surface area contributed by atoms with Crippen LogP contribution in [0.5, 0.6) is 5.75 Å². The molecular formula is C10H12FO3P. The van der Waals surface area contributed by atoms with Crippen molar-refractivity contribution in [2.75, 3.05) is 6.66 Å². The fraction of sp³-hybridized carbons (Fsp3) is 0.200. The molecule has 0 saturated heterocycles. The van der Waals surface area contributed by atoms with Crippen LogP contribution in [-0.4, -0.2) is 11.6 Å². The zero-order chi connectivity index (χ0) is 11.5. The van der Waals surface area contributed by atoms with Gasteiger partial charge in [-0.3, -0.25) is 0 Å². The second-order valence-electron chi connectivity index (χ2n) is 3.12. The Balaban J connectivity index is 3.04. The first-order chi connectivity index (χ1) is 6.94. The van der Waals surface area contributed by atoms with Gasteiger partial charge in [-0.2, -0.15) is 0 Å². The molecule has 1 N–H and O–H groups in total. The molecule has 0 aliphatic heterocycles. The number of halogens is 1. The zero-order valence-electron chi connectivity index (χ0n) is 8.31. The normalized spacial score (nSPS) is 14.3. The second kappa shape index (κ2) is 4.60. The van der Waals surface area contributed by atoms with Crippen LogP contribution in [-0.2, 0) is 11.0 Å². The fourth-order valence-corrected chi connectivity index (χ4v) is 1.63. The van der Waals surface area contributed by atoms with Gasteiger partial charge >= 0.3 is 7.60 Å². The molecule has 1 unspecified atom stereocenters. The molecule has 5 heteroatoms. The first-order valence-corrected chi connectivity index (χ1v) is 6.34. The highest BCUT2D eigenvalue weighted by atomic mass is 31.2. The Hall–Kier alpha value is -1.12. The molecule has 0 aromatic heterocycles. The molecule has 0 bridgehead atoms. The highest BCUT2D eigenvalue weighted by molar-refractivity contribution is 7.52. The van der Waals surface area contributed by atoms with Crippen molar-refractivity contribution >= 4 is 7.60 Å². The summed E-state index contributed by atoms with van der Waals surface area (Å²) in [6.07, 6.45) is 1.90. The second-order valence-corrected chi connectivity index (χ2v) is 4.90. The van der Waals surface area contributed by atoms with Gasteiger partial charge in [0.05, 0.1) is 0 Å². The van der Waals surface area contributed by atoms with E-state index in [1.54, 1.807) is 18.2 Å². The maximum Gasteiger partial charge on any atom is 0.373 e. The molecule has 1 rings (SSSR count).